The average Bonchev–Trinajstić information content (AvgIpc) is 2.81. The van der Waals surface area contributed by atoms with Gasteiger partial charge in [0.15, 0.2) is 0 Å². The summed E-state index contributed by atoms with van der Waals surface area (Å²) < 4.78 is 12.4. The smallest absolute Gasteiger partial charge is 0.0850 e. The van der Waals surface area contributed by atoms with E-state index in [2.05, 4.69) is 24.4 Å². The van der Waals surface area contributed by atoms with Crippen LogP contribution in [0, 0.1) is 0 Å². The third-order valence-electron chi connectivity index (χ3n) is 3.41. The summed E-state index contributed by atoms with van der Waals surface area (Å²) in [5, 5.41) is 5.29. The number of hydrogen-bond donors (Lipinski definition) is 2. The monoisotopic (exact) mass is 318 g/mol. The lowest BCUT2D eigenvalue weighted by Crippen LogP contribution is -2.38. The molecule has 1 unspecified atom stereocenters. The zero-order valence-electron chi connectivity index (χ0n) is 13.2. The predicted octanol–water partition coefficient (Wildman–Crippen LogP) is 1.55. The summed E-state index contributed by atoms with van der Waals surface area (Å²) in [6, 6.07) is 0.108. The third kappa shape index (κ3) is 5.56. The molecule has 0 bridgehead atoms. The molecule has 0 aliphatic heterocycles. The molecule has 6 nitrogen and oxygen atoms in total. The summed E-state index contributed by atoms with van der Waals surface area (Å²) in [4.78, 5) is 0. The highest BCUT2D eigenvalue weighted by atomic mass is 35.5. The highest BCUT2D eigenvalue weighted by Gasteiger charge is 2.18. The third-order valence-corrected chi connectivity index (χ3v) is 3.85. The van der Waals surface area contributed by atoms with Crippen LogP contribution in [0.3, 0.4) is 0 Å². The van der Waals surface area contributed by atoms with Gasteiger partial charge in [-0.3, -0.25) is 16.0 Å². The maximum absolute atomic E-state index is 6.41. The van der Waals surface area contributed by atoms with Gasteiger partial charge in [-0.25, -0.2) is 0 Å². The van der Waals surface area contributed by atoms with Crippen molar-refractivity contribution < 1.29 is 9.47 Å². The minimum Gasteiger partial charge on any atom is -0.382 e. The summed E-state index contributed by atoms with van der Waals surface area (Å²) >= 11 is 6.41. The highest BCUT2D eigenvalue weighted by molar-refractivity contribution is 6.31. The first-order valence-corrected chi connectivity index (χ1v) is 7.82. The Morgan fingerprint density at radius 3 is 2.67 bits per heavy atom. The van der Waals surface area contributed by atoms with Crippen LogP contribution in [0.5, 0.6) is 0 Å². The van der Waals surface area contributed by atoms with Crippen molar-refractivity contribution in [3.63, 3.8) is 0 Å². The van der Waals surface area contributed by atoms with Crippen LogP contribution in [0.2, 0.25) is 5.02 Å². The Balaban J connectivity index is 2.58. The van der Waals surface area contributed by atoms with E-state index in [1.54, 1.807) is 7.11 Å². The van der Waals surface area contributed by atoms with E-state index in [9.17, 15) is 0 Å². The van der Waals surface area contributed by atoms with Crippen molar-refractivity contribution >= 4 is 11.6 Å². The van der Waals surface area contributed by atoms with Gasteiger partial charge in [0.05, 0.1) is 29.6 Å². The fourth-order valence-corrected chi connectivity index (χ4v) is 2.51. The Morgan fingerprint density at radius 1 is 1.33 bits per heavy atom. The van der Waals surface area contributed by atoms with Gasteiger partial charge in [0.25, 0.3) is 0 Å². The molecule has 21 heavy (non-hydrogen) atoms. The molecule has 0 fully saturated rings. The normalized spacial score (nSPS) is 12.8. The molecule has 0 saturated heterocycles. The molecule has 1 aromatic rings. The molecular weight excluding hydrogens is 292 g/mol. The van der Waals surface area contributed by atoms with Crippen LogP contribution in [0.4, 0.5) is 0 Å². The standard InChI is InChI=1S/C14H27ClN4O2/c1-4-12-14(15)13(19(5-2)18-12)10-11(17-16)6-7-21-9-8-20-3/h11,17H,4-10,16H2,1-3H3. The minimum absolute atomic E-state index is 0.108. The second-order valence-electron chi connectivity index (χ2n) is 4.84. The molecule has 0 spiro atoms. The Bertz CT molecular complexity index is 412. The molecule has 7 heteroatoms. The molecule has 122 valence electrons. The number of hydrazine groups is 1. The first-order valence-electron chi connectivity index (χ1n) is 7.44. The van der Waals surface area contributed by atoms with E-state index in [0.717, 1.165) is 42.2 Å². The Labute approximate surface area is 131 Å². The first kappa shape index (κ1) is 18.4. The molecule has 0 amide bonds. The number of ether oxygens (including phenoxy) is 2. The van der Waals surface area contributed by atoms with Gasteiger partial charge in [0.1, 0.15) is 0 Å². The van der Waals surface area contributed by atoms with E-state index in [1.165, 1.54) is 0 Å². The van der Waals surface area contributed by atoms with Gasteiger partial charge < -0.3 is 9.47 Å². The number of nitrogens with two attached hydrogens (primary N) is 1. The van der Waals surface area contributed by atoms with E-state index in [0.29, 0.717) is 19.8 Å². The van der Waals surface area contributed by atoms with Crippen molar-refractivity contribution in [3.8, 4) is 0 Å². The maximum Gasteiger partial charge on any atom is 0.0850 e. The molecule has 1 heterocycles. The van der Waals surface area contributed by atoms with Gasteiger partial charge in [0, 0.05) is 32.7 Å². The van der Waals surface area contributed by atoms with Gasteiger partial charge in [0.2, 0.25) is 0 Å². The number of aryl methyl sites for hydroxylation is 2. The van der Waals surface area contributed by atoms with Crippen LogP contribution in [-0.4, -0.2) is 42.8 Å². The van der Waals surface area contributed by atoms with Crippen molar-refractivity contribution in [3.05, 3.63) is 16.4 Å². The average molecular weight is 319 g/mol. The molecule has 1 atom stereocenters. The van der Waals surface area contributed by atoms with Crippen molar-refractivity contribution in [2.24, 2.45) is 5.84 Å². The molecule has 0 aliphatic rings. The number of aromatic nitrogens is 2. The van der Waals surface area contributed by atoms with Gasteiger partial charge in [-0.15, -0.1) is 0 Å². The predicted molar refractivity (Wildman–Crippen MR) is 84.4 cm³/mol. The van der Waals surface area contributed by atoms with Crippen LogP contribution >= 0.6 is 11.6 Å². The van der Waals surface area contributed by atoms with Gasteiger partial charge >= 0.3 is 0 Å². The van der Waals surface area contributed by atoms with Crippen LogP contribution in [-0.2, 0) is 28.9 Å². The lowest BCUT2D eigenvalue weighted by molar-refractivity contribution is 0.0657. The van der Waals surface area contributed by atoms with Crippen LogP contribution in [0.1, 0.15) is 31.7 Å². The largest absolute Gasteiger partial charge is 0.382 e. The van der Waals surface area contributed by atoms with Crippen molar-refractivity contribution in [2.75, 3.05) is 26.9 Å². The zero-order valence-corrected chi connectivity index (χ0v) is 13.9. The van der Waals surface area contributed by atoms with E-state index < -0.39 is 0 Å². The number of halogens is 1. The van der Waals surface area contributed by atoms with Gasteiger partial charge in [-0.2, -0.15) is 5.10 Å². The quantitative estimate of drug-likeness (QED) is 0.368. The molecule has 1 rings (SSSR count). The molecule has 0 aliphatic carbocycles. The summed E-state index contributed by atoms with van der Waals surface area (Å²) in [5.74, 6) is 5.64. The van der Waals surface area contributed by atoms with Gasteiger partial charge in [-0.1, -0.05) is 18.5 Å². The fourth-order valence-electron chi connectivity index (χ4n) is 2.16. The summed E-state index contributed by atoms with van der Waals surface area (Å²) in [7, 11) is 1.66. The second kappa shape index (κ2) is 10.1. The topological polar surface area (TPSA) is 74.3 Å². The SMILES string of the molecule is CCc1nn(CC)c(CC(CCOCCOC)NN)c1Cl. The van der Waals surface area contributed by atoms with Crippen LogP contribution in [0.25, 0.3) is 0 Å². The Kier molecular flexibility index (Phi) is 8.87. The van der Waals surface area contributed by atoms with E-state index in [4.69, 9.17) is 26.9 Å². The highest BCUT2D eigenvalue weighted by Crippen LogP contribution is 2.23. The van der Waals surface area contributed by atoms with Gasteiger partial charge in [-0.05, 0) is 19.8 Å². The lowest BCUT2D eigenvalue weighted by Gasteiger charge is -2.17. The number of rotatable bonds is 11. The molecule has 0 radical (unpaired) electrons. The van der Waals surface area contributed by atoms with E-state index in [-0.39, 0.29) is 6.04 Å². The Hall–Kier alpha value is -0.660. The van der Waals surface area contributed by atoms with Crippen molar-refractivity contribution in [1.29, 1.82) is 0 Å². The number of nitrogens with one attached hydrogen (secondary N) is 1. The molecule has 0 aromatic carbocycles. The summed E-state index contributed by atoms with van der Waals surface area (Å²) in [6.45, 7) is 6.76. The summed E-state index contributed by atoms with van der Waals surface area (Å²) in [6.07, 6.45) is 2.39. The van der Waals surface area contributed by atoms with Crippen molar-refractivity contribution in [2.45, 2.75) is 45.7 Å². The van der Waals surface area contributed by atoms with E-state index >= 15 is 0 Å². The maximum atomic E-state index is 6.41. The number of methoxy groups -OCH3 is 1. The summed E-state index contributed by atoms with van der Waals surface area (Å²) in [5.41, 5.74) is 4.82. The molecule has 3 N–H and O–H groups in total. The first-order chi connectivity index (χ1) is 10.2. The van der Waals surface area contributed by atoms with Crippen molar-refractivity contribution in [1.82, 2.24) is 15.2 Å². The molecule has 0 saturated carbocycles. The fraction of sp³-hybridized carbons (Fsp3) is 0.786. The zero-order chi connectivity index (χ0) is 15.7. The van der Waals surface area contributed by atoms with Crippen LogP contribution < -0.4 is 11.3 Å². The van der Waals surface area contributed by atoms with Crippen LogP contribution in [0.15, 0.2) is 0 Å². The molecular formula is C14H27ClN4O2. The molecule has 1 aromatic heterocycles. The minimum atomic E-state index is 0.108. The number of hydrogen-bond acceptors (Lipinski definition) is 5. The second-order valence-corrected chi connectivity index (χ2v) is 5.22. The number of nitrogens with zero attached hydrogens (tertiary/aromatic N) is 2. The lowest BCUT2D eigenvalue weighted by atomic mass is 10.1. The Morgan fingerprint density at radius 2 is 2.10 bits per heavy atom. The van der Waals surface area contributed by atoms with E-state index in [1.807, 2.05) is 4.68 Å².